The van der Waals surface area contributed by atoms with E-state index in [-0.39, 0.29) is 5.91 Å². The van der Waals surface area contributed by atoms with Crippen LogP contribution < -0.4 is 10.1 Å². The van der Waals surface area contributed by atoms with Crippen LogP contribution in [0.4, 0.5) is 5.69 Å². The zero-order valence-corrected chi connectivity index (χ0v) is 17.4. The number of carbonyl (C=O) groups excluding carboxylic acids is 1. The number of fused-ring (bicyclic) bond motifs is 1. The summed E-state index contributed by atoms with van der Waals surface area (Å²) in [7, 11) is 0. The van der Waals surface area contributed by atoms with Gasteiger partial charge in [-0.3, -0.25) is 4.79 Å². The molecule has 0 aromatic heterocycles. The van der Waals surface area contributed by atoms with E-state index >= 15 is 0 Å². The molecule has 0 aliphatic heterocycles. The van der Waals surface area contributed by atoms with Gasteiger partial charge in [-0.2, -0.15) is 0 Å². The van der Waals surface area contributed by atoms with E-state index in [0.29, 0.717) is 0 Å². The van der Waals surface area contributed by atoms with Gasteiger partial charge in [0, 0.05) is 9.79 Å². The van der Waals surface area contributed by atoms with E-state index < -0.39 is 6.10 Å². The van der Waals surface area contributed by atoms with Gasteiger partial charge >= 0.3 is 0 Å². The molecule has 148 valence electrons. The Bertz CT molecular complexity index is 987. The quantitative estimate of drug-likeness (QED) is 0.539. The predicted molar refractivity (Wildman–Crippen MR) is 119 cm³/mol. The predicted octanol–water partition coefficient (Wildman–Crippen LogP) is 6.12. The first-order chi connectivity index (χ1) is 14.2. The lowest BCUT2D eigenvalue weighted by atomic mass is 9.91. The number of aryl methyl sites for hydroxylation is 1. The highest BCUT2D eigenvalue weighted by atomic mass is 32.2. The maximum absolute atomic E-state index is 12.8. The second-order valence-electron chi connectivity index (χ2n) is 7.26. The molecular weight excluding hydrogens is 378 g/mol. The summed E-state index contributed by atoms with van der Waals surface area (Å²) in [6, 6.07) is 24.2. The van der Waals surface area contributed by atoms with E-state index in [2.05, 4.69) is 23.5 Å². The molecule has 1 atom stereocenters. The molecule has 0 heterocycles. The Kier molecular flexibility index (Phi) is 6.20. The van der Waals surface area contributed by atoms with Gasteiger partial charge in [0.25, 0.3) is 5.91 Å². The van der Waals surface area contributed by atoms with Crippen molar-refractivity contribution < 1.29 is 9.53 Å². The van der Waals surface area contributed by atoms with Gasteiger partial charge in [-0.25, -0.2) is 0 Å². The van der Waals surface area contributed by atoms with Crippen molar-refractivity contribution >= 4 is 23.4 Å². The van der Waals surface area contributed by atoms with Gasteiger partial charge in [-0.15, -0.1) is 0 Å². The Morgan fingerprint density at radius 1 is 0.931 bits per heavy atom. The molecule has 3 aromatic rings. The van der Waals surface area contributed by atoms with Gasteiger partial charge < -0.3 is 10.1 Å². The maximum Gasteiger partial charge on any atom is 0.265 e. The number of carbonyl (C=O) groups is 1. The number of nitrogens with one attached hydrogen (secondary N) is 1. The number of ether oxygens (including phenoxy) is 1. The number of amides is 1. The third-order valence-corrected chi connectivity index (χ3v) is 6.23. The molecule has 0 fully saturated rings. The third kappa shape index (κ3) is 4.83. The second kappa shape index (κ2) is 9.19. The van der Waals surface area contributed by atoms with E-state index in [4.69, 9.17) is 4.74 Å². The van der Waals surface area contributed by atoms with Crippen LogP contribution in [0, 0.1) is 0 Å². The first-order valence-electron chi connectivity index (χ1n) is 10.1. The lowest BCUT2D eigenvalue weighted by molar-refractivity contribution is -0.122. The molecule has 3 aromatic carbocycles. The van der Waals surface area contributed by atoms with Crippen molar-refractivity contribution in [2.24, 2.45) is 0 Å². The Morgan fingerprint density at radius 2 is 1.69 bits per heavy atom. The topological polar surface area (TPSA) is 38.3 Å². The van der Waals surface area contributed by atoms with Gasteiger partial charge in [0.2, 0.25) is 0 Å². The van der Waals surface area contributed by atoms with Crippen LogP contribution in [0.3, 0.4) is 0 Å². The molecule has 1 N–H and O–H groups in total. The monoisotopic (exact) mass is 403 g/mol. The Morgan fingerprint density at radius 3 is 2.55 bits per heavy atom. The van der Waals surface area contributed by atoms with E-state index in [1.165, 1.54) is 24.0 Å². The van der Waals surface area contributed by atoms with Crippen LogP contribution in [0.1, 0.15) is 30.9 Å². The van der Waals surface area contributed by atoms with E-state index in [1.54, 1.807) is 11.8 Å². The summed E-state index contributed by atoms with van der Waals surface area (Å²) in [6.07, 6.45) is 3.95. The van der Waals surface area contributed by atoms with Crippen molar-refractivity contribution in [3.8, 4) is 5.75 Å². The minimum atomic E-state index is -0.571. The third-order valence-electron chi connectivity index (χ3n) is 5.14. The van der Waals surface area contributed by atoms with Gasteiger partial charge in [0.15, 0.2) is 6.10 Å². The number of hydrogen-bond acceptors (Lipinski definition) is 3. The van der Waals surface area contributed by atoms with Crippen LogP contribution in [0.2, 0.25) is 0 Å². The summed E-state index contributed by atoms with van der Waals surface area (Å²) in [6.45, 7) is 1.81. The molecule has 4 heteroatoms. The molecule has 29 heavy (non-hydrogen) atoms. The molecule has 4 rings (SSSR count). The summed E-state index contributed by atoms with van der Waals surface area (Å²) < 4.78 is 6.09. The number of anilines is 1. The number of rotatable bonds is 6. The maximum atomic E-state index is 12.8. The average Bonchev–Trinajstić information content (AvgIpc) is 2.76. The molecule has 1 aliphatic carbocycles. The minimum Gasteiger partial charge on any atom is -0.481 e. The van der Waals surface area contributed by atoms with Crippen LogP contribution in [-0.4, -0.2) is 12.0 Å². The van der Waals surface area contributed by atoms with Gasteiger partial charge in [-0.1, -0.05) is 54.2 Å². The molecule has 0 radical (unpaired) electrons. The SMILES string of the molecule is C[C@H](Oc1cccc2c1CCCC2)C(=O)Nc1ccccc1Sc1ccccc1. The molecular formula is C25H25NO2S. The summed E-state index contributed by atoms with van der Waals surface area (Å²) in [5, 5.41) is 3.05. The zero-order valence-electron chi connectivity index (χ0n) is 16.6. The lowest BCUT2D eigenvalue weighted by Gasteiger charge is -2.22. The van der Waals surface area contributed by atoms with Gasteiger partial charge in [0.05, 0.1) is 5.69 Å². The van der Waals surface area contributed by atoms with Crippen LogP contribution in [0.15, 0.2) is 82.6 Å². The van der Waals surface area contributed by atoms with Crippen molar-refractivity contribution in [3.05, 3.63) is 83.9 Å². The summed E-state index contributed by atoms with van der Waals surface area (Å²) in [4.78, 5) is 15.0. The standard InChI is InChI=1S/C25H25NO2S/c1-18(28-23-16-9-11-19-10-5-6-14-21(19)23)25(27)26-22-15-7-8-17-24(22)29-20-12-3-2-4-13-20/h2-4,7-9,11-13,15-18H,5-6,10,14H2,1H3,(H,26,27)/t18-/m0/s1. The average molecular weight is 404 g/mol. The molecule has 0 bridgehead atoms. The minimum absolute atomic E-state index is 0.139. The molecule has 0 spiro atoms. The highest BCUT2D eigenvalue weighted by Crippen LogP contribution is 2.34. The summed E-state index contributed by atoms with van der Waals surface area (Å²) in [5.74, 6) is 0.705. The van der Waals surface area contributed by atoms with E-state index in [9.17, 15) is 4.79 Å². The highest BCUT2D eigenvalue weighted by molar-refractivity contribution is 7.99. The lowest BCUT2D eigenvalue weighted by Crippen LogP contribution is -2.30. The smallest absolute Gasteiger partial charge is 0.265 e. The van der Waals surface area contributed by atoms with Crippen molar-refractivity contribution in [1.82, 2.24) is 0 Å². The Hall–Kier alpha value is -2.72. The fraction of sp³-hybridized carbons (Fsp3) is 0.240. The largest absolute Gasteiger partial charge is 0.481 e. The number of benzene rings is 3. The van der Waals surface area contributed by atoms with Crippen LogP contribution in [0.5, 0.6) is 5.75 Å². The fourth-order valence-electron chi connectivity index (χ4n) is 3.61. The van der Waals surface area contributed by atoms with E-state index in [0.717, 1.165) is 34.1 Å². The molecule has 0 unspecified atom stereocenters. The highest BCUT2D eigenvalue weighted by Gasteiger charge is 2.20. The normalized spacial score (nSPS) is 14.0. The molecule has 0 saturated carbocycles. The van der Waals surface area contributed by atoms with Crippen molar-refractivity contribution in [2.75, 3.05) is 5.32 Å². The van der Waals surface area contributed by atoms with Gasteiger partial charge in [-0.05, 0) is 74.1 Å². The van der Waals surface area contributed by atoms with E-state index in [1.807, 2.05) is 61.5 Å². The first kappa shape index (κ1) is 19.6. The van der Waals surface area contributed by atoms with Crippen molar-refractivity contribution in [3.63, 3.8) is 0 Å². The molecule has 0 saturated heterocycles. The van der Waals surface area contributed by atoms with Crippen LogP contribution in [0.25, 0.3) is 0 Å². The fourth-order valence-corrected chi connectivity index (χ4v) is 4.53. The molecule has 1 amide bonds. The molecule has 1 aliphatic rings. The van der Waals surface area contributed by atoms with Gasteiger partial charge in [0.1, 0.15) is 5.75 Å². The van der Waals surface area contributed by atoms with Crippen LogP contribution >= 0.6 is 11.8 Å². The Labute approximate surface area is 176 Å². The number of para-hydroxylation sites is 1. The summed E-state index contributed by atoms with van der Waals surface area (Å²) >= 11 is 1.63. The van der Waals surface area contributed by atoms with Crippen molar-refractivity contribution in [2.45, 2.75) is 48.5 Å². The number of hydrogen-bond donors (Lipinski definition) is 1. The second-order valence-corrected chi connectivity index (χ2v) is 8.38. The molecule has 3 nitrogen and oxygen atoms in total. The zero-order chi connectivity index (χ0) is 20.1. The van der Waals surface area contributed by atoms with Crippen LogP contribution in [-0.2, 0) is 17.6 Å². The first-order valence-corrected chi connectivity index (χ1v) is 10.9. The Balaban J connectivity index is 1.46. The van der Waals surface area contributed by atoms with Crippen molar-refractivity contribution in [1.29, 1.82) is 0 Å². The summed E-state index contributed by atoms with van der Waals surface area (Å²) in [5.41, 5.74) is 3.42.